The zero-order valence-corrected chi connectivity index (χ0v) is 8.49. The summed E-state index contributed by atoms with van der Waals surface area (Å²) in [6.07, 6.45) is 9.63. The smallest absolute Gasteiger partial charge is 0.00745 e. The lowest BCUT2D eigenvalue weighted by atomic mass is 10.4. The summed E-state index contributed by atoms with van der Waals surface area (Å²) in [5, 5.41) is 0. The van der Waals surface area contributed by atoms with E-state index in [1.54, 1.807) is 0 Å². The van der Waals surface area contributed by atoms with Gasteiger partial charge in [-0.05, 0) is 25.4 Å². The van der Waals surface area contributed by atoms with Gasteiger partial charge in [-0.2, -0.15) is 10.2 Å². The lowest BCUT2D eigenvalue weighted by Gasteiger charge is -2.40. The highest BCUT2D eigenvalue weighted by molar-refractivity contribution is 8.30. The zero-order valence-electron chi connectivity index (χ0n) is 7.68. The maximum absolute atomic E-state index is 3.81. The molecule has 0 spiro atoms. The van der Waals surface area contributed by atoms with Crippen molar-refractivity contribution in [3.05, 3.63) is 12.7 Å². The Morgan fingerprint density at radius 1 is 1.36 bits per heavy atom. The third-order valence-corrected chi connectivity index (χ3v) is 5.10. The van der Waals surface area contributed by atoms with Gasteiger partial charge in [-0.1, -0.05) is 6.08 Å². The molecule has 66 valence electrons. The van der Waals surface area contributed by atoms with E-state index >= 15 is 0 Å². The molecule has 1 nitrogen and oxygen atoms in total. The average Bonchev–Trinajstić information content (AvgIpc) is 2.37. The molecule has 1 saturated heterocycles. The van der Waals surface area contributed by atoms with E-state index in [1.165, 1.54) is 31.7 Å². The standard InChI is InChI=1S/C9H19NS/c1-4-9-11(2,3)10-7-5-6-8-10/h4H,1,5-9H2,2-3H3. The molecule has 0 amide bonds. The minimum atomic E-state index is -0.495. The lowest BCUT2D eigenvalue weighted by molar-refractivity contribution is 0.573. The van der Waals surface area contributed by atoms with Crippen molar-refractivity contribution in [2.75, 3.05) is 31.4 Å². The van der Waals surface area contributed by atoms with Crippen LogP contribution in [-0.4, -0.2) is 35.7 Å². The van der Waals surface area contributed by atoms with Crippen molar-refractivity contribution in [1.82, 2.24) is 4.31 Å². The Balaban J connectivity index is 2.47. The molecular formula is C9H19NS. The van der Waals surface area contributed by atoms with Crippen molar-refractivity contribution in [3.63, 3.8) is 0 Å². The fraction of sp³-hybridized carbons (Fsp3) is 0.778. The van der Waals surface area contributed by atoms with Gasteiger partial charge in [0.1, 0.15) is 0 Å². The van der Waals surface area contributed by atoms with E-state index < -0.39 is 10.2 Å². The number of hydrogen-bond donors (Lipinski definition) is 0. The molecule has 0 aromatic carbocycles. The molecule has 11 heavy (non-hydrogen) atoms. The SMILES string of the molecule is C=CCS(C)(C)N1CCCC1. The molecular weight excluding hydrogens is 154 g/mol. The van der Waals surface area contributed by atoms with E-state index in [-0.39, 0.29) is 0 Å². The van der Waals surface area contributed by atoms with E-state index in [9.17, 15) is 0 Å². The van der Waals surface area contributed by atoms with Crippen LogP contribution in [0.25, 0.3) is 0 Å². The molecule has 1 heterocycles. The Morgan fingerprint density at radius 3 is 2.36 bits per heavy atom. The van der Waals surface area contributed by atoms with Crippen molar-refractivity contribution >= 4 is 10.2 Å². The van der Waals surface area contributed by atoms with Crippen molar-refractivity contribution < 1.29 is 0 Å². The highest BCUT2D eigenvalue weighted by Gasteiger charge is 2.22. The first-order chi connectivity index (χ1) is 5.17. The van der Waals surface area contributed by atoms with Gasteiger partial charge in [0.15, 0.2) is 0 Å². The summed E-state index contributed by atoms with van der Waals surface area (Å²) in [5.74, 6) is 1.19. The predicted molar refractivity (Wildman–Crippen MR) is 55.3 cm³/mol. The third kappa shape index (κ3) is 2.24. The Bertz CT molecular complexity index is 136. The fourth-order valence-electron chi connectivity index (χ4n) is 1.58. The summed E-state index contributed by atoms with van der Waals surface area (Å²) in [6.45, 7) is 6.44. The second-order valence-corrected chi connectivity index (χ2v) is 7.38. The maximum atomic E-state index is 3.81. The van der Waals surface area contributed by atoms with Crippen LogP contribution >= 0.6 is 10.2 Å². The Morgan fingerprint density at radius 2 is 1.91 bits per heavy atom. The Hall–Kier alpha value is 0.0500. The molecule has 0 unspecified atom stereocenters. The minimum absolute atomic E-state index is 0.495. The van der Waals surface area contributed by atoms with Crippen molar-refractivity contribution in [2.45, 2.75) is 12.8 Å². The monoisotopic (exact) mass is 173 g/mol. The van der Waals surface area contributed by atoms with Crippen LogP contribution < -0.4 is 0 Å². The topological polar surface area (TPSA) is 3.24 Å². The van der Waals surface area contributed by atoms with Gasteiger partial charge >= 0.3 is 0 Å². The molecule has 0 aliphatic carbocycles. The molecule has 0 atom stereocenters. The van der Waals surface area contributed by atoms with Gasteiger partial charge in [0, 0.05) is 18.8 Å². The van der Waals surface area contributed by atoms with Crippen LogP contribution in [0.2, 0.25) is 0 Å². The van der Waals surface area contributed by atoms with Gasteiger partial charge in [-0.25, -0.2) is 0 Å². The summed E-state index contributed by atoms with van der Waals surface area (Å²) in [5.41, 5.74) is 0. The van der Waals surface area contributed by atoms with Crippen LogP contribution in [0.15, 0.2) is 12.7 Å². The average molecular weight is 173 g/mol. The minimum Gasteiger partial charge on any atom is -0.268 e. The van der Waals surface area contributed by atoms with Gasteiger partial charge < -0.3 is 0 Å². The van der Waals surface area contributed by atoms with Gasteiger partial charge in [0.05, 0.1) is 0 Å². The molecule has 1 fully saturated rings. The molecule has 0 bridgehead atoms. The van der Waals surface area contributed by atoms with Gasteiger partial charge in [0.25, 0.3) is 0 Å². The molecule has 0 N–H and O–H groups in total. The van der Waals surface area contributed by atoms with Crippen LogP contribution in [0.5, 0.6) is 0 Å². The first-order valence-corrected chi connectivity index (χ1v) is 6.81. The van der Waals surface area contributed by atoms with E-state index in [0.717, 1.165) is 0 Å². The van der Waals surface area contributed by atoms with E-state index in [1.807, 2.05) is 0 Å². The summed E-state index contributed by atoms with van der Waals surface area (Å²) in [4.78, 5) is 0. The molecule has 0 saturated carbocycles. The van der Waals surface area contributed by atoms with Crippen LogP contribution in [0.4, 0.5) is 0 Å². The fourth-order valence-corrected chi connectivity index (χ4v) is 3.61. The second-order valence-electron chi connectivity index (χ2n) is 3.57. The number of nitrogens with zero attached hydrogens (tertiary/aromatic N) is 1. The summed E-state index contributed by atoms with van der Waals surface area (Å²) >= 11 is 0. The predicted octanol–water partition coefficient (Wildman–Crippen LogP) is 2.25. The van der Waals surface area contributed by atoms with Crippen LogP contribution in [0.3, 0.4) is 0 Å². The van der Waals surface area contributed by atoms with E-state index in [0.29, 0.717) is 0 Å². The number of rotatable bonds is 3. The normalized spacial score (nSPS) is 22.0. The van der Waals surface area contributed by atoms with E-state index in [4.69, 9.17) is 0 Å². The molecule has 0 aromatic rings. The molecule has 0 aromatic heterocycles. The van der Waals surface area contributed by atoms with Gasteiger partial charge in [0.2, 0.25) is 0 Å². The van der Waals surface area contributed by atoms with Gasteiger partial charge in [-0.15, -0.1) is 6.58 Å². The Labute approximate surface area is 71.9 Å². The van der Waals surface area contributed by atoms with Crippen molar-refractivity contribution in [3.8, 4) is 0 Å². The largest absolute Gasteiger partial charge is 0.268 e. The second kappa shape index (κ2) is 3.63. The lowest BCUT2D eigenvalue weighted by Crippen LogP contribution is -2.24. The quantitative estimate of drug-likeness (QED) is 0.592. The van der Waals surface area contributed by atoms with E-state index in [2.05, 4.69) is 29.5 Å². The summed E-state index contributed by atoms with van der Waals surface area (Å²) < 4.78 is 2.65. The highest BCUT2D eigenvalue weighted by atomic mass is 32.3. The maximum Gasteiger partial charge on any atom is 0.00745 e. The first kappa shape index (κ1) is 9.14. The number of hydrogen-bond acceptors (Lipinski definition) is 1. The molecule has 2 heteroatoms. The third-order valence-electron chi connectivity index (χ3n) is 2.29. The first-order valence-electron chi connectivity index (χ1n) is 4.24. The molecule has 1 aliphatic heterocycles. The molecule has 0 radical (unpaired) electrons. The van der Waals surface area contributed by atoms with Crippen molar-refractivity contribution in [1.29, 1.82) is 0 Å². The molecule has 1 aliphatic rings. The summed E-state index contributed by atoms with van der Waals surface area (Å²) in [7, 11) is -0.495. The van der Waals surface area contributed by atoms with Crippen molar-refractivity contribution in [2.24, 2.45) is 0 Å². The summed E-state index contributed by atoms with van der Waals surface area (Å²) in [6, 6.07) is 0. The van der Waals surface area contributed by atoms with Gasteiger partial charge in [-0.3, -0.25) is 4.31 Å². The van der Waals surface area contributed by atoms with Crippen LogP contribution in [-0.2, 0) is 0 Å². The van der Waals surface area contributed by atoms with Crippen LogP contribution in [0, 0.1) is 0 Å². The highest BCUT2D eigenvalue weighted by Crippen LogP contribution is 2.45. The zero-order chi connectivity index (χ0) is 8.32. The van der Waals surface area contributed by atoms with Crippen LogP contribution in [0.1, 0.15) is 12.8 Å². The Kier molecular flexibility index (Phi) is 3.02. The molecule has 1 rings (SSSR count).